The van der Waals surface area contributed by atoms with Gasteiger partial charge in [-0.2, -0.15) is 13.2 Å². The van der Waals surface area contributed by atoms with Gasteiger partial charge in [0.2, 0.25) is 5.72 Å². The summed E-state index contributed by atoms with van der Waals surface area (Å²) in [7, 11) is 2.64. The highest BCUT2D eigenvalue weighted by Gasteiger charge is 2.66. The molecule has 1 heterocycles. The van der Waals surface area contributed by atoms with Crippen LogP contribution in [0, 0.1) is 5.92 Å². The SMILES string of the molecule is COc1ccc(OC)c(C2NC(=O)NC(O)(C(F)(F)F)C2C(=O)c2ccccc2)c1. The summed E-state index contributed by atoms with van der Waals surface area (Å²) in [6.45, 7) is 0. The molecule has 3 rings (SSSR count). The first kappa shape index (κ1) is 21.4. The van der Waals surface area contributed by atoms with Crippen LogP contribution in [0.4, 0.5) is 18.0 Å². The highest BCUT2D eigenvalue weighted by molar-refractivity contribution is 6.00. The number of carbonyl (C=O) groups excluding carboxylic acids is 2. The Morgan fingerprint density at radius 3 is 2.33 bits per heavy atom. The Labute approximate surface area is 169 Å². The van der Waals surface area contributed by atoms with Gasteiger partial charge in [-0.1, -0.05) is 30.3 Å². The van der Waals surface area contributed by atoms with Gasteiger partial charge in [-0.3, -0.25) is 4.79 Å². The van der Waals surface area contributed by atoms with Gasteiger partial charge >= 0.3 is 12.2 Å². The number of carbonyl (C=O) groups is 2. The molecule has 2 aromatic carbocycles. The molecule has 30 heavy (non-hydrogen) atoms. The smallest absolute Gasteiger partial charge is 0.437 e. The van der Waals surface area contributed by atoms with Gasteiger partial charge in [-0.15, -0.1) is 0 Å². The molecule has 0 aliphatic carbocycles. The van der Waals surface area contributed by atoms with Gasteiger partial charge in [0.05, 0.1) is 20.3 Å². The van der Waals surface area contributed by atoms with E-state index >= 15 is 0 Å². The highest BCUT2D eigenvalue weighted by atomic mass is 19.4. The van der Waals surface area contributed by atoms with E-state index in [1.54, 1.807) is 6.07 Å². The number of Topliss-reactive ketones (excluding diaryl/α,β-unsaturated/α-hetero) is 1. The van der Waals surface area contributed by atoms with Crippen LogP contribution in [0.1, 0.15) is 22.0 Å². The minimum atomic E-state index is -5.34. The lowest BCUT2D eigenvalue weighted by Gasteiger charge is -2.45. The Hall–Kier alpha value is -3.27. The molecule has 10 heteroatoms. The zero-order valence-corrected chi connectivity index (χ0v) is 16.0. The van der Waals surface area contributed by atoms with Gasteiger partial charge in [-0.25, -0.2) is 4.79 Å². The van der Waals surface area contributed by atoms with Crippen molar-refractivity contribution < 1.29 is 37.3 Å². The molecule has 1 aliphatic heterocycles. The Morgan fingerprint density at radius 1 is 1.10 bits per heavy atom. The molecule has 1 aliphatic rings. The first-order valence-corrected chi connectivity index (χ1v) is 8.81. The lowest BCUT2D eigenvalue weighted by atomic mass is 9.77. The number of hydrogen-bond donors (Lipinski definition) is 3. The number of ketones is 1. The Balaban J connectivity index is 2.23. The van der Waals surface area contributed by atoms with Crippen molar-refractivity contribution in [1.29, 1.82) is 0 Å². The van der Waals surface area contributed by atoms with Crippen molar-refractivity contribution in [3.63, 3.8) is 0 Å². The van der Waals surface area contributed by atoms with Gasteiger partial charge < -0.3 is 25.2 Å². The summed E-state index contributed by atoms with van der Waals surface area (Å²) in [4.78, 5) is 25.3. The van der Waals surface area contributed by atoms with E-state index in [0.29, 0.717) is 0 Å². The molecule has 1 fully saturated rings. The molecule has 2 amide bonds. The first-order chi connectivity index (χ1) is 14.1. The number of rotatable bonds is 5. The summed E-state index contributed by atoms with van der Waals surface area (Å²) >= 11 is 0. The standard InChI is InChI=1S/C20H19F3N2O5/c1-29-12-8-9-14(30-2)13(10-12)16-15(17(26)11-6-4-3-5-7-11)19(28,20(21,22)23)25-18(27)24-16/h3-10,15-16,28H,1-2H3,(H2,24,25,27). The van der Waals surface area contributed by atoms with Crippen LogP contribution in [0.25, 0.3) is 0 Å². The van der Waals surface area contributed by atoms with E-state index in [9.17, 15) is 27.9 Å². The predicted molar refractivity (Wildman–Crippen MR) is 99.2 cm³/mol. The summed E-state index contributed by atoms with van der Waals surface area (Å²) in [6, 6.07) is 8.64. The van der Waals surface area contributed by atoms with Crippen LogP contribution in [0.15, 0.2) is 48.5 Å². The van der Waals surface area contributed by atoms with E-state index in [-0.39, 0.29) is 22.6 Å². The number of hydrogen-bond acceptors (Lipinski definition) is 5. The second-order valence-corrected chi connectivity index (χ2v) is 6.66. The quantitative estimate of drug-likeness (QED) is 0.642. The molecule has 0 radical (unpaired) electrons. The number of amides is 2. The number of alkyl halides is 3. The number of ether oxygens (including phenoxy) is 2. The summed E-state index contributed by atoms with van der Waals surface area (Å²) in [5, 5.41) is 14.4. The van der Waals surface area contributed by atoms with Gasteiger partial charge in [-0.05, 0) is 18.2 Å². The molecule has 3 N–H and O–H groups in total. The van der Waals surface area contributed by atoms with E-state index < -0.39 is 35.7 Å². The second kappa shape index (κ2) is 7.86. The van der Waals surface area contributed by atoms with Crippen LogP contribution in [-0.2, 0) is 0 Å². The Morgan fingerprint density at radius 2 is 1.77 bits per heavy atom. The number of benzene rings is 2. The average Bonchev–Trinajstić information content (AvgIpc) is 2.72. The summed E-state index contributed by atoms with van der Waals surface area (Å²) in [5.74, 6) is -2.80. The molecule has 3 atom stereocenters. The third-order valence-electron chi connectivity index (χ3n) is 4.92. The minimum absolute atomic E-state index is 0.0451. The third kappa shape index (κ3) is 3.65. The van der Waals surface area contributed by atoms with Crippen molar-refractivity contribution in [3.8, 4) is 11.5 Å². The fourth-order valence-electron chi connectivity index (χ4n) is 3.46. The first-order valence-electron chi connectivity index (χ1n) is 8.81. The van der Waals surface area contributed by atoms with Crippen LogP contribution in [0.5, 0.6) is 11.5 Å². The topological polar surface area (TPSA) is 96.9 Å². The van der Waals surface area contributed by atoms with Gasteiger partial charge in [0.25, 0.3) is 0 Å². The van der Waals surface area contributed by atoms with Crippen molar-refractivity contribution >= 4 is 11.8 Å². The largest absolute Gasteiger partial charge is 0.497 e. The van der Waals surface area contributed by atoms with Crippen LogP contribution < -0.4 is 20.1 Å². The van der Waals surface area contributed by atoms with E-state index in [4.69, 9.17) is 9.47 Å². The molecule has 0 aromatic heterocycles. The fourth-order valence-corrected chi connectivity index (χ4v) is 3.46. The molecule has 3 unspecified atom stereocenters. The van der Waals surface area contributed by atoms with Gasteiger partial charge in [0, 0.05) is 11.1 Å². The van der Waals surface area contributed by atoms with Crippen molar-refractivity contribution in [3.05, 3.63) is 59.7 Å². The number of halogens is 3. The Bertz CT molecular complexity index is 951. The predicted octanol–water partition coefficient (Wildman–Crippen LogP) is 2.81. The fraction of sp³-hybridized carbons (Fsp3) is 0.300. The normalized spacial score (nSPS) is 23.9. The van der Waals surface area contributed by atoms with Crippen molar-refractivity contribution in [2.45, 2.75) is 17.9 Å². The zero-order valence-electron chi connectivity index (χ0n) is 16.0. The van der Waals surface area contributed by atoms with Crippen LogP contribution >= 0.6 is 0 Å². The van der Waals surface area contributed by atoms with E-state index in [2.05, 4.69) is 5.32 Å². The van der Waals surface area contributed by atoms with Crippen molar-refractivity contribution in [1.82, 2.24) is 10.6 Å². The van der Waals surface area contributed by atoms with E-state index in [1.807, 2.05) is 0 Å². The van der Waals surface area contributed by atoms with Gasteiger partial charge in [0.15, 0.2) is 5.78 Å². The molecule has 0 bridgehead atoms. The maximum absolute atomic E-state index is 13.9. The third-order valence-corrected chi connectivity index (χ3v) is 4.92. The summed E-state index contributed by atoms with van der Waals surface area (Å²) < 4.78 is 52.2. The molecular weight excluding hydrogens is 405 g/mol. The van der Waals surface area contributed by atoms with Crippen molar-refractivity contribution in [2.24, 2.45) is 5.92 Å². The molecule has 160 valence electrons. The maximum atomic E-state index is 13.9. The second-order valence-electron chi connectivity index (χ2n) is 6.66. The number of urea groups is 1. The molecular formula is C20H19F3N2O5. The number of aliphatic hydroxyl groups is 1. The minimum Gasteiger partial charge on any atom is -0.497 e. The number of nitrogens with one attached hydrogen (secondary N) is 2. The lowest BCUT2D eigenvalue weighted by Crippen LogP contribution is -2.72. The van der Waals surface area contributed by atoms with E-state index in [0.717, 1.165) is 0 Å². The van der Waals surface area contributed by atoms with Crippen LogP contribution in [0.2, 0.25) is 0 Å². The molecule has 2 aromatic rings. The molecule has 7 nitrogen and oxygen atoms in total. The van der Waals surface area contributed by atoms with E-state index in [1.165, 1.54) is 62.0 Å². The van der Waals surface area contributed by atoms with Crippen LogP contribution in [0.3, 0.4) is 0 Å². The van der Waals surface area contributed by atoms with Gasteiger partial charge in [0.1, 0.15) is 17.4 Å². The number of methoxy groups -OCH3 is 2. The molecule has 0 spiro atoms. The molecule has 0 saturated carbocycles. The highest BCUT2D eigenvalue weighted by Crippen LogP contribution is 2.46. The lowest BCUT2D eigenvalue weighted by molar-refractivity contribution is -0.287. The summed E-state index contributed by atoms with van der Waals surface area (Å²) in [5.41, 5.74) is -3.83. The summed E-state index contributed by atoms with van der Waals surface area (Å²) in [6.07, 6.45) is -5.34. The zero-order chi connectivity index (χ0) is 22.1. The maximum Gasteiger partial charge on any atom is 0.437 e. The average molecular weight is 424 g/mol. The monoisotopic (exact) mass is 424 g/mol. The molecule has 1 saturated heterocycles. The van der Waals surface area contributed by atoms with Crippen molar-refractivity contribution in [2.75, 3.05) is 14.2 Å². The Kier molecular flexibility index (Phi) is 5.62. The van der Waals surface area contributed by atoms with Crippen LogP contribution in [-0.4, -0.2) is 43.0 Å².